The van der Waals surface area contributed by atoms with Gasteiger partial charge in [0.25, 0.3) is 11.8 Å². The van der Waals surface area contributed by atoms with Gasteiger partial charge < -0.3 is 51.0 Å². The minimum atomic E-state index is -5.89. The van der Waals surface area contributed by atoms with E-state index in [1.54, 1.807) is 12.1 Å². The van der Waals surface area contributed by atoms with Crippen LogP contribution in [0.1, 0.15) is 164 Å². The van der Waals surface area contributed by atoms with E-state index in [1.165, 1.54) is 15.9 Å². The smallest absolute Gasteiger partial charge is 0.376 e. The second kappa shape index (κ2) is 29.3. The van der Waals surface area contributed by atoms with Crippen LogP contribution >= 0.6 is 7.60 Å². The molecule has 2 saturated heterocycles. The number of nitrogens with two attached hydrogens (primary N) is 1. The van der Waals surface area contributed by atoms with Gasteiger partial charge in [-0.25, -0.2) is 0 Å². The van der Waals surface area contributed by atoms with Crippen LogP contribution in [0.15, 0.2) is 103 Å². The first-order valence-electron chi connectivity index (χ1n) is 29.3. The van der Waals surface area contributed by atoms with E-state index in [9.17, 15) is 61.5 Å². The molecule has 4 heterocycles. The molecule has 3 aliphatic heterocycles. The number of imide groups is 1. The molecule has 2 fully saturated rings. The van der Waals surface area contributed by atoms with Crippen molar-refractivity contribution in [1.82, 2.24) is 36.1 Å². The van der Waals surface area contributed by atoms with Crippen LogP contribution in [0.25, 0.3) is 10.9 Å². The summed E-state index contributed by atoms with van der Waals surface area (Å²) in [5, 5.41) is 11.0. The first-order chi connectivity index (χ1) is 41.2. The molecule has 3 aliphatic rings. The molecule has 456 valence electrons. The zero-order valence-electron chi connectivity index (χ0n) is 47.9. The number of halogens is 2. The SMILES string of the molecule is CCCC[C@H](NC(=O)c1cc2cc(C(F)(F)P(=O)(O)O)ccc2[nH]1)C(=O)N1C[C@H](OCCCCCCCCCC#Cc2cccc3c2CN(C2CCC(=O)NC2=O)C3=O)C[C@H]1C(=O)N[C@@H](CCC(N)=O)C(=O)NC(c1ccccc1)c1ccccc1. The van der Waals surface area contributed by atoms with Crippen LogP contribution in [0.3, 0.4) is 0 Å². The number of alkyl halides is 2. The fourth-order valence-electron chi connectivity index (χ4n) is 11.1. The zero-order valence-corrected chi connectivity index (χ0v) is 48.8. The Bertz CT molecular complexity index is 3360. The number of unbranched alkanes of at least 4 members (excludes halogenated alkanes) is 8. The number of aromatic amines is 1. The molecule has 86 heavy (non-hydrogen) atoms. The van der Waals surface area contributed by atoms with E-state index in [0.29, 0.717) is 37.9 Å². The number of hydrogen-bond donors (Lipinski definition) is 8. The maximum Gasteiger partial charge on any atom is 0.399 e. The lowest BCUT2D eigenvalue weighted by molar-refractivity contribution is -0.141. The van der Waals surface area contributed by atoms with Crippen molar-refractivity contribution in [3.63, 3.8) is 0 Å². The molecule has 23 heteroatoms. The molecule has 0 saturated carbocycles. The fraction of sp³-hybridized carbons (Fsp3) is 0.429. The normalized spacial score (nSPS) is 17.6. The first kappa shape index (κ1) is 63.9. The average Bonchev–Trinajstić information content (AvgIpc) is 2.61. The number of H-pyrrole nitrogens is 1. The predicted octanol–water partition coefficient (Wildman–Crippen LogP) is 7.26. The molecule has 0 spiro atoms. The summed E-state index contributed by atoms with van der Waals surface area (Å²) in [6.07, 6.45) is 7.64. The number of primary amides is 1. The minimum Gasteiger partial charge on any atom is -0.376 e. The minimum absolute atomic E-state index is 0.0327. The summed E-state index contributed by atoms with van der Waals surface area (Å²) < 4.78 is 47.3. The van der Waals surface area contributed by atoms with Crippen molar-refractivity contribution in [2.24, 2.45) is 5.73 Å². The quantitative estimate of drug-likeness (QED) is 0.0106. The van der Waals surface area contributed by atoms with Crippen LogP contribution < -0.4 is 27.0 Å². The van der Waals surface area contributed by atoms with Crippen LogP contribution in [0.5, 0.6) is 0 Å². The highest BCUT2D eigenvalue weighted by atomic mass is 31.2. The van der Waals surface area contributed by atoms with Gasteiger partial charge in [-0.2, -0.15) is 8.78 Å². The van der Waals surface area contributed by atoms with Gasteiger partial charge in [0.15, 0.2) is 0 Å². The van der Waals surface area contributed by atoms with Gasteiger partial charge in [-0.15, -0.1) is 0 Å². The Morgan fingerprint density at radius 2 is 1.51 bits per heavy atom. The largest absolute Gasteiger partial charge is 0.399 e. The van der Waals surface area contributed by atoms with Crippen LogP contribution in [-0.2, 0) is 50.3 Å². The van der Waals surface area contributed by atoms with E-state index in [2.05, 4.69) is 38.1 Å². The van der Waals surface area contributed by atoms with Gasteiger partial charge in [0.2, 0.25) is 35.4 Å². The number of hydrogen-bond acceptors (Lipinski definition) is 10. The van der Waals surface area contributed by atoms with E-state index in [1.807, 2.05) is 73.7 Å². The molecule has 0 radical (unpaired) electrons. The summed E-state index contributed by atoms with van der Waals surface area (Å²) in [7, 11) is -5.89. The number of nitrogens with one attached hydrogen (secondary N) is 5. The molecule has 8 rings (SSSR count). The van der Waals surface area contributed by atoms with Crippen molar-refractivity contribution in [3.8, 4) is 11.8 Å². The van der Waals surface area contributed by atoms with Gasteiger partial charge in [-0.05, 0) is 79.1 Å². The average molecular weight is 1200 g/mol. The standard InChI is InChI=1S/C63H73F2N8O12P/c1-2-3-27-50(69-58(77)51-36-43-35-44(28-29-48(43)67-51)63(64,65)86(82,83)84)62(81)72-38-45(37-53(72)60(79)68-49(30-32-54(66)74)57(76)71-56(41-21-14-11-15-22-41)42-23-16-12-17-24-42)85-34-18-10-8-6-4-5-7-9-13-20-40-25-19-26-46-47(40)39-73(61(46)80)52-31-33-55(75)70-59(52)78/h11-12,14-17,19,21-26,28-29,35-36,45,49-50,52-53,56,67H,2-10,18,27,30-34,37-39H2,1H3,(H2,66,74)(H,68,79)(H,69,77)(H,71,76)(H,70,75,78)(H2,82,83,84)/t45-,49+,50+,52?,53+/m1/s1. The Morgan fingerprint density at radius 1 is 0.826 bits per heavy atom. The van der Waals surface area contributed by atoms with E-state index in [4.69, 9.17) is 10.5 Å². The molecule has 0 bridgehead atoms. The monoisotopic (exact) mass is 1200 g/mol. The summed E-state index contributed by atoms with van der Waals surface area (Å²) in [5.74, 6) is 2.01. The number of aromatic nitrogens is 1. The number of amides is 8. The number of fused-ring (bicyclic) bond motifs is 2. The van der Waals surface area contributed by atoms with E-state index >= 15 is 0 Å². The third kappa shape index (κ3) is 16.1. The molecule has 20 nitrogen and oxygen atoms in total. The zero-order chi connectivity index (χ0) is 61.5. The number of carbonyl (C=O) groups excluding carboxylic acids is 8. The van der Waals surface area contributed by atoms with Crippen molar-refractivity contribution >= 4 is 65.8 Å². The van der Waals surface area contributed by atoms with Crippen LogP contribution in [-0.4, -0.2) is 115 Å². The second-order valence-electron chi connectivity index (χ2n) is 22.1. The maximum atomic E-state index is 14.9. The molecular formula is C63H73F2N8O12P. The number of likely N-dealkylation sites (tertiary alicyclic amines) is 1. The summed E-state index contributed by atoms with van der Waals surface area (Å²) >= 11 is 0. The third-order valence-electron chi connectivity index (χ3n) is 15.8. The molecule has 9 N–H and O–H groups in total. The summed E-state index contributed by atoms with van der Waals surface area (Å²) in [6.45, 7) is 2.42. The van der Waals surface area contributed by atoms with Gasteiger partial charge in [0, 0.05) is 73.0 Å². The van der Waals surface area contributed by atoms with Gasteiger partial charge in [-0.1, -0.05) is 137 Å². The van der Waals surface area contributed by atoms with Crippen molar-refractivity contribution in [2.45, 2.75) is 158 Å². The van der Waals surface area contributed by atoms with Gasteiger partial charge in [0.1, 0.15) is 29.9 Å². The molecule has 5 atom stereocenters. The van der Waals surface area contributed by atoms with E-state index < -0.39 is 90.6 Å². The van der Waals surface area contributed by atoms with Crippen molar-refractivity contribution in [3.05, 3.63) is 142 Å². The topological polar surface area (TPSA) is 300 Å². The van der Waals surface area contributed by atoms with Gasteiger partial charge >= 0.3 is 13.3 Å². The molecule has 0 aliphatic carbocycles. The number of benzene rings is 4. The molecule has 1 unspecified atom stereocenters. The number of nitrogens with zero attached hydrogens (tertiary/aromatic N) is 2. The lowest BCUT2D eigenvalue weighted by atomic mass is 9.98. The highest BCUT2D eigenvalue weighted by Crippen LogP contribution is 2.59. The number of piperidine rings is 1. The molecule has 4 aromatic carbocycles. The Hall–Kier alpha value is -8.09. The summed E-state index contributed by atoms with van der Waals surface area (Å²) in [6, 6.07) is 22.9. The van der Waals surface area contributed by atoms with Crippen molar-refractivity contribution in [2.75, 3.05) is 13.2 Å². The van der Waals surface area contributed by atoms with E-state index in [-0.39, 0.29) is 80.0 Å². The van der Waals surface area contributed by atoms with E-state index in [0.717, 1.165) is 79.0 Å². The maximum absolute atomic E-state index is 14.9. The summed E-state index contributed by atoms with van der Waals surface area (Å²) in [5.41, 5.74) is 3.77. The number of carbonyl (C=O) groups is 8. The lowest BCUT2D eigenvalue weighted by Gasteiger charge is -2.30. The lowest BCUT2D eigenvalue weighted by Crippen LogP contribution is -2.56. The predicted molar refractivity (Wildman–Crippen MR) is 314 cm³/mol. The Balaban J connectivity index is 0.891. The van der Waals surface area contributed by atoms with Crippen molar-refractivity contribution < 1.29 is 66.2 Å². The number of ether oxygens (including phenoxy) is 1. The third-order valence-corrected chi connectivity index (χ3v) is 16.8. The van der Waals surface area contributed by atoms with Crippen LogP contribution in [0.4, 0.5) is 8.78 Å². The van der Waals surface area contributed by atoms with Crippen molar-refractivity contribution in [1.29, 1.82) is 0 Å². The Kier molecular flexibility index (Phi) is 21.8. The van der Waals surface area contributed by atoms with Crippen LogP contribution in [0, 0.1) is 11.8 Å². The molecule has 5 aromatic rings. The number of rotatable bonds is 28. The molecule has 1 aromatic heterocycles. The second-order valence-corrected chi connectivity index (χ2v) is 23.7. The Labute approximate surface area is 497 Å². The summed E-state index contributed by atoms with van der Waals surface area (Å²) in [4.78, 5) is 132. The van der Waals surface area contributed by atoms with Crippen LogP contribution in [0.2, 0.25) is 0 Å². The van der Waals surface area contributed by atoms with Gasteiger partial charge in [0.05, 0.1) is 12.1 Å². The highest BCUT2D eigenvalue weighted by Gasteiger charge is 2.50. The van der Waals surface area contributed by atoms with Gasteiger partial charge in [-0.3, -0.25) is 48.2 Å². The molecular weight excluding hydrogens is 1130 g/mol. The first-order valence-corrected chi connectivity index (χ1v) is 30.9. The fourth-order valence-corrected chi connectivity index (χ4v) is 11.6. The highest BCUT2D eigenvalue weighted by molar-refractivity contribution is 7.52. The molecule has 8 amide bonds. The Morgan fingerprint density at radius 3 is 2.17 bits per heavy atom.